The number of carbonyl (C=O) groups is 2. The molecule has 1 atom stereocenters. The Kier molecular flexibility index (Phi) is 7.18. The molecular formula is C24H23N5O5S. The maximum absolute atomic E-state index is 12.5. The number of aromatic amines is 1. The molecule has 0 saturated heterocycles. The molecule has 0 bridgehead atoms. The first kappa shape index (κ1) is 24.0. The zero-order valence-electron chi connectivity index (χ0n) is 18.5. The van der Waals surface area contributed by atoms with E-state index in [0.29, 0.717) is 24.1 Å². The summed E-state index contributed by atoms with van der Waals surface area (Å²) in [5.41, 5.74) is 2.87. The highest BCUT2D eigenvalue weighted by Crippen LogP contribution is 2.12. The van der Waals surface area contributed by atoms with Gasteiger partial charge in [0.25, 0.3) is 5.91 Å². The number of carbonyl (C=O) groups excluding carboxylic acids is 1. The topological polar surface area (TPSA) is 154 Å². The van der Waals surface area contributed by atoms with Crippen molar-refractivity contribution in [1.82, 2.24) is 25.0 Å². The van der Waals surface area contributed by atoms with Crippen LogP contribution in [0.5, 0.6) is 0 Å². The normalized spacial score (nSPS) is 12.3. The molecule has 180 valence electrons. The number of fused-ring (bicyclic) bond motifs is 1. The van der Waals surface area contributed by atoms with Crippen LogP contribution in [0.1, 0.15) is 21.7 Å². The molecule has 2 aromatic carbocycles. The second kappa shape index (κ2) is 10.5. The quantitative estimate of drug-likeness (QED) is 0.263. The molecule has 0 spiro atoms. The van der Waals surface area contributed by atoms with Gasteiger partial charge in [-0.25, -0.2) is 18.4 Å². The number of nitrogens with zero attached hydrogens (tertiary/aromatic N) is 2. The molecule has 4 N–H and O–H groups in total. The zero-order chi connectivity index (χ0) is 24.8. The third kappa shape index (κ3) is 6.08. The molecule has 2 heterocycles. The minimum Gasteiger partial charge on any atom is -0.480 e. The number of rotatable bonds is 10. The fraction of sp³-hybridized carbons (Fsp3) is 0.167. The highest BCUT2D eigenvalue weighted by molar-refractivity contribution is 7.89. The Bertz CT molecular complexity index is 1400. The van der Waals surface area contributed by atoms with E-state index in [1.54, 1.807) is 24.4 Å². The summed E-state index contributed by atoms with van der Waals surface area (Å²) in [5, 5.41) is 11.9. The SMILES string of the molecule is O=C(NC[C@H](NS(=O)(=O)c1ccccc1)C(=O)O)c1ccc(CCc2nc3ncccc3[nH]2)cc1. The number of sulfonamides is 1. The van der Waals surface area contributed by atoms with Crippen LogP contribution in [0.3, 0.4) is 0 Å². The summed E-state index contributed by atoms with van der Waals surface area (Å²) in [6, 6.07) is 16.5. The van der Waals surface area contributed by atoms with Crippen LogP contribution < -0.4 is 10.0 Å². The van der Waals surface area contributed by atoms with E-state index in [1.165, 1.54) is 24.3 Å². The number of benzene rings is 2. The molecule has 11 heteroatoms. The van der Waals surface area contributed by atoms with Crippen LogP contribution in [0.4, 0.5) is 0 Å². The van der Waals surface area contributed by atoms with E-state index in [-0.39, 0.29) is 4.90 Å². The van der Waals surface area contributed by atoms with Gasteiger partial charge >= 0.3 is 5.97 Å². The number of carboxylic acid groups (broad SMARTS) is 1. The molecule has 35 heavy (non-hydrogen) atoms. The Morgan fingerprint density at radius 2 is 1.71 bits per heavy atom. The first-order valence-electron chi connectivity index (χ1n) is 10.8. The molecule has 4 aromatic rings. The van der Waals surface area contributed by atoms with Crippen LogP contribution >= 0.6 is 0 Å². The monoisotopic (exact) mass is 493 g/mol. The first-order chi connectivity index (χ1) is 16.8. The van der Waals surface area contributed by atoms with Crippen LogP contribution in [0.15, 0.2) is 77.8 Å². The standard InChI is InChI=1S/C24H23N5O5S/c30-23(26-15-20(24(31)32)29-35(33,34)18-5-2-1-3-6-18)17-11-8-16(9-12-17)10-13-21-27-19-7-4-14-25-22(19)28-21/h1-9,11-12,14,20,29H,10,13,15H2,(H,26,30)(H,31,32)(H,25,27,28)/t20-/m0/s1. The maximum atomic E-state index is 12.5. The van der Waals surface area contributed by atoms with Crippen molar-refractivity contribution in [3.8, 4) is 0 Å². The van der Waals surface area contributed by atoms with Crippen molar-refractivity contribution >= 4 is 33.1 Å². The zero-order valence-corrected chi connectivity index (χ0v) is 19.3. The number of aryl methyl sites for hydroxylation is 2. The Balaban J connectivity index is 1.32. The minimum atomic E-state index is -4.05. The largest absolute Gasteiger partial charge is 0.480 e. The average molecular weight is 494 g/mol. The van der Waals surface area contributed by atoms with E-state index in [0.717, 1.165) is 16.9 Å². The number of aliphatic carboxylic acids is 1. The van der Waals surface area contributed by atoms with Crippen LogP contribution in [-0.2, 0) is 27.7 Å². The van der Waals surface area contributed by atoms with Gasteiger partial charge in [0.05, 0.1) is 10.4 Å². The predicted octanol–water partition coefficient (Wildman–Crippen LogP) is 1.90. The van der Waals surface area contributed by atoms with Crippen molar-refractivity contribution < 1.29 is 23.1 Å². The van der Waals surface area contributed by atoms with E-state index in [9.17, 15) is 23.1 Å². The van der Waals surface area contributed by atoms with Crippen LogP contribution in [-0.4, -0.2) is 52.9 Å². The van der Waals surface area contributed by atoms with E-state index in [4.69, 9.17) is 0 Å². The Labute approximate surface area is 201 Å². The number of nitrogens with one attached hydrogen (secondary N) is 3. The number of H-pyrrole nitrogens is 1. The lowest BCUT2D eigenvalue weighted by Crippen LogP contribution is -2.48. The summed E-state index contributed by atoms with van der Waals surface area (Å²) in [6.07, 6.45) is 3.06. The Morgan fingerprint density at radius 1 is 0.971 bits per heavy atom. The number of carboxylic acids is 1. The Hall–Kier alpha value is -4.09. The molecule has 10 nitrogen and oxygen atoms in total. The van der Waals surface area contributed by atoms with Gasteiger partial charge in [-0.05, 0) is 48.4 Å². The summed E-state index contributed by atoms with van der Waals surface area (Å²) in [6.45, 7) is -0.415. The maximum Gasteiger partial charge on any atom is 0.323 e. The molecule has 0 saturated carbocycles. The van der Waals surface area contributed by atoms with Gasteiger partial charge in [-0.3, -0.25) is 9.59 Å². The third-order valence-electron chi connectivity index (χ3n) is 5.29. The summed E-state index contributed by atoms with van der Waals surface area (Å²) in [5.74, 6) is -1.09. The van der Waals surface area contributed by atoms with Crippen molar-refractivity contribution in [2.24, 2.45) is 0 Å². The lowest BCUT2D eigenvalue weighted by Gasteiger charge is -2.15. The number of imidazole rings is 1. The van der Waals surface area contributed by atoms with Crippen molar-refractivity contribution in [3.63, 3.8) is 0 Å². The van der Waals surface area contributed by atoms with Crippen molar-refractivity contribution in [3.05, 3.63) is 89.9 Å². The minimum absolute atomic E-state index is 0.0629. The van der Waals surface area contributed by atoms with Crippen molar-refractivity contribution in [2.75, 3.05) is 6.54 Å². The molecule has 2 aromatic heterocycles. The molecule has 0 aliphatic carbocycles. The van der Waals surface area contributed by atoms with Gasteiger partial charge in [0.2, 0.25) is 10.0 Å². The van der Waals surface area contributed by atoms with Crippen molar-refractivity contribution in [2.45, 2.75) is 23.8 Å². The summed E-state index contributed by atoms with van der Waals surface area (Å²) >= 11 is 0. The van der Waals surface area contributed by atoms with Crippen LogP contribution in [0.25, 0.3) is 11.2 Å². The number of amides is 1. The second-order valence-electron chi connectivity index (χ2n) is 7.79. The van der Waals surface area contributed by atoms with Gasteiger partial charge in [0.1, 0.15) is 11.9 Å². The predicted molar refractivity (Wildman–Crippen MR) is 128 cm³/mol. The molecule has 0 unspecified atom stereocenters. The Morgan fingerprint density at radius 3 is 2.40 bits per heavy atom. The fourth-order valence-electron chi connectivity index (χ4n) is 3.43. The summed E-state index contributed by atoms with van der Waals surface area (Å²) in [4.78, 5) is 35.9. The van der Waals surface area contributed by atoms with Gasteiger partial charge in [0, 0.05) is 24.7 Å². The molecule has 4 rings (SSSR count). The van der Waals surface area contributed by atoms with Gasteiger partial charge in [-0.1, -0.05) is 30.3 Å². The highest BCUT2D eigenvalue weighted by Gasteiger charge is 2.26. The lowest BCUT2D eigenvalue weighted by molar-refractivity contribution is -0.138. The molecule has 1 amide bonds. The number of pyridine rings is 1. The van der Waals surface area contributed by atoms with E-state index in [1.807, 2.05) is 24.3 Å². The van der Waals surface area contributed by atoms with E-state index in [2.05, 4.69) is 25.0 Å². The summed E-state index contributed by atoms with van der Waals surface area (Å²) in [7, 11) is -4.05. The van der Waals surface area contributed by atoms with E-state index < -0.39 is 34.5 Å². The van der Waals surface area contributed by atoms with Crippen molar-refractivity contribution in [1.29, 1.82) is 0 Å². The molecule has 0 fully saturated rings. The lowest BCUT2D eigenvalue weighted by atomic mass is 10.1. The number of aromatic nitrogens is 3. The summed E-state index contributed by atoms with van der Waals surface area (Å²) < 4.78 is 26.9. The van der Waals surface area contributed by atoms with Crippen LogP contribution in [0, 0.1) is 0 Å². The molecule has 0 radical (unpaired) electrons. The van der Waals surface area contributed by atoms with Gasteiger partial charge in [0.15, 0.2) is 5.65 Å². The van der Waals surface area contributed by atoms with Gasteiger partial charge in [-0.2, -0.15) is 4.72 Å². The number of hydrogen-bond donors (Lipinski definition) is 4. The second-order valence-corrected chi connectivity index (χ2v) is 9.50. The third-order valence-corrected chi connectivity index (χ3v) is 6.78. The molecule has 0 aliphatic rings. The van der Waals surface area contributed by atoms with E-state index >= 15 is 0 Å². The van der Waals surface area contributed by atoms with Crippen LogP contribution in [0.2, 0.25) is 0 Å². The molecular weight excluding hydrogens is 470 g/mol. The highest BCUT2D eigenvalue weighted by atomic mass is 32.2. The fourth-order valence-corrected chi connectivity index (χ4v) is 4.64. The number of hydrogen-bond acceptors (Lipinski definition) is 6. The average Bonchev–Trinajstić information content (AvgIpc) is 3.29. The van der Waals surface area contributed by atoms with Gasteiger partial charge < -0.3 is 15.4 Å². The first-order valence-corrected chi connectivity index (χ1v) is 12.3. The smallest absolute Gasteiger partial charge is 0.323 e. The molecule has 0 aliphatic heterocycles. The van der Waals surface area contributed by atoms with Gasteiger partial charge in [-0.15, -0.1) is 0 Å².